The van der Waals surface area contributed by atoms with Crippen LogP contribution in [-0.2, 0) is 12.8 Å². The van der Waals surface area contributed by atoms with Crippen LogP contribution < -0.4 is 5.32 Å². The van der Waals surface area contributed by atoms with Crippen molar-refractivity contribution in [3.05, 3.63) is 95.3 Å². The minimum atomic E-state index is -0.0897. The Bertz CT molecular complexity index is 1060. The summed E-state index contributed by atoms with van der Waals surface area (Å²) < 4.78 is 0. The van der Waals surface area contributed by atoms with Crippen LogP contribution in [0.15, 0.2) is 72.8 Å². The number of nitrogens with zero attached hydrogens (tertiary/aromatic N) is 1. The normalized spacial score (nSPS) is 10.9. The van der Waals surface area contributed by atoms with E-state index in [4.69, 9.17) is 0 Å². The lowest BCUT2D eigenvalue weighted by molar-refractivity contribution is 0.102. The van der Waals surface area contributed by atoms with Gasteiger partial charge in [0.1, 0.15) is 5.82 Å². The van der Waals surface area contributed by atoms with E-state index in [1.807, 2.05) is 73.7 Å². The van der Waals surface area contributed by atoms with Crippen LogP contribution in [0.2, 0.25) is 0 Å². The minimum absolute atomic E-state index is 0.0897. The second-order valence-corrected chi connectivity index (χ2v) is 6.72. The fourth-order valence-electron chi connectivity index (χ4n) is 3.18. The molecule has 4 nitrogen and oxygen atoms in total. The molecule has 1 aromatic heterocycles. The van der Waals surface area contributed by atoms with E-state index in [2.05, 4.69) is 21.4 Å². The van der Waals surface area contributed by atoms with Crippen molar-refractivity contribution < 1.29 is 4.79 Å². The zero-order valence-electron chi connectivity index (χ0n) is 15.2. The van der Waals surface area contributed by atoms with Gasteiger partial charge in [-0.1, -0.05) is 42.0 Å². The molecule has 0 radical (unpaired) electrons. The summed E-state index contributed by atoms with van der Waals surface area (Å²) in [5, 5.41) is 2.98. The number of anilines is 1. The summed E-state index contributed by atoms with van der Waals surface area (Å²) >= 11 is 0. The molecule has 0 aliphatic rings. The summed E-state index contributed by atoms with van der Waals surface area (Å²) in [4.78, 5) is 20.4. The van der Waals surface area contributed by atoms with Gasteiger partial charge in [-0.05, 0) is 55.3 Å². The fraction of sp³-hybridized carbons (Fsp3) is 0.130. The van der Waals surface area contributed by atoms with Gasteiger partial charge in [-0.25, -0.2) is 4.98 Å². The Balaban J connectivity index is 1.43. The number of carbonyl (C=O) groups excluding carboxylic acids is 1. The molecule has 2 N–H and O–H groups in total. The number of nitrogens with one attached hydrogen (secondary N) is 2. The van der Waals surface area contributed by atoms with Gasteiger partial charge in [-0.3, -0.25) is 4.79 Å². The molecule has 0 bridgehead atoms. The van der Waals surface area contributed by atoms with Crippen molar-refractivity contribution in [1.29, 1.82) is 0 Å². The summed E-state index contributed by atoms with van der Waals surface area (Å²) in [5.41, 5.74) is 5.77. The van der Waals surface area contributed by atoms with Crippen molar-refractivity contribution in [2.75, 3.05) is 5.32 Å². The van der Waals surface area contributed by atoms with Gasteiger partial charge >= 0.3 is 0 Å². The molecule has 1 amide bonds. The molecule has 4 rings (SSSR count). The van der Waals surface area contributed by atoms with Crippen LogP contribution in [-0.4, -0.2) is 15.9 Å². The van der Waals surface area contributed by atoms with E-state index in [0.717, 1.165) is 46.5 Å². The quantitative estimate of drug-likeness (QED) is 0.534. The molecule has 27 heavy (non-hydrogen) atoms. The third kappa shape index (κ3) is 4.06. The summed E-state index contributed by atoms with van der Waals surface area (Å²) in [6.45, 7) is 1.98. The predicted molar refractivity (Wildman–Crippen MR) is 109 cm³/mol. The Morgan fingerprint density at radius 3 is 2.67 bits per heavy atom. The van der Waals surface area contributed by atoms with Gasteiger partial charge in [-0.2, -0.15) is 0 Å². The van der Waals surface area contributed by atoms with Crippen molar-refractivity contribution in [2.24, 2.45) is 0 Å². The second kappa shape index (κ2) is 7.46. The third-order valence-electron chi connectivity index (χ3n) is 4.55. The highest BCUT2D eigenvalue weighted by molar-refractivity contribution is 6.04. The van der Waals surface area contributed by atoms with E-state index >= 15 is 0 Å². The number of rotatable bonds is 5. The van der Waals surface area contributed by atoms with Crippen molar-refractivity contribution >= 4 is 22.6 Å². The molecule has 4 aromatic rings. The lowest BCUT2D eigenvalue weighted by Gasteiger charge is -2.08. The monoisotopic (exact) mass is 355 g/mol. The Hall–Kier alpha value is -3.40. The third-order valence-corrected chi connectivity index (χ3v) is 4.55. The molecule has 0 atom stereocenters. The van der Waals surface area contributed by atoms with E-state index in [-0.39, 0.29) is 5.91 Å². The number of benzene rings is 3. The second-order valence-electron chi connectivity index (χ2n) is 6.72. The van der Waals surface area contributed by atoms with E-state index in [1.165, 1.54) is 0 Å². The number of hydrogen-bond acceptors (Lipinski definition) is 2. The molecular weight excluding hydrogens is 334 g/mol. The zero-order valence-corrected chi connectivity index (χ0v) is 15.2. The lowest BCUT2D eigenvalue weighted by Crippen LogP contribution is -2.12. The van der Waals surface area contributed by atoms with Crippen molar-refractivity contribution in [3.8, 4) is 0 Å². The van der Waals surface area contributed by atoms with Crippen LogP contribution in [0.1, 0.15) is 27.3 Å². The van der Waals surface area contributed by atoms with Gasteiger partial charge in [0, 0.05) is 17.7 Å². The smallest absolute Gasteiger partial charge is 0.255 e. The number of aromatic amines is 1. The first-order chi connectivity index (χ1) is 13.2. The molecule has 0 saturated heterocycles. The Labute approximate surface area is 158 Å². The number of hydrogen-bond donors (Lipinski definition) is 2. The highest BCUT2D eigenvalue weighted by atomic mass is 16.1. The topological polar surface area (TPSA) is 57.8 Å². The van der Waals surface area contributed by atoms with E-state index in [9.17, 15) is 4.79 Å². The standard InChI is InChI=1S/C23H21N3O/c1-16-6-4-8-18(14-16)23(27)24-19-9-5-7-17(15-19)12-13-22-25-20-10-2-3-11-21(20)26-22/h2-11,14-15H,12-13H2,1H3,(H,24,27)(H,25,26). The van der Waals surface area contributed by atoms with Crippen molar-refractivity contribution in [3.63, 3.8) is 0 Å². The van der Waals surface area contributed by atoms with Crippen LogP contribution in [0.3, 0.4) is 0 Å². The number of aryl methyl sites for hydroxylation is 3. The first-order valence-corrected chi connectivity index (χ1v) is 9.08. The molecule has 134 valence electrons. The van der Waals surface area contributed by atoms with Gasteiger partial charge in [0.05, 0.1) is 11.0 Å². The maximum atomic E-state index is 12.4. The number of imidazole rings is 1. The number of amides is 1. The van der Waals surface area contributed by atoms with Crippen LogP contribution in [0.25, 0.3) is 11.0 Å². The molecular formula is C23H21N3O. The highest BCUT2D eigenvalue weighted by Crippen LogP contribution is 2.16. The van der Waals surface area contributed by atoms with Gasteiger partial charge in [0.15, 0.2) is 0 Å². The predicted octanol–water partition coefficient (Wildman–Crippen LogP) is 4.91. The lowest BCUT2D eigenvalue weighted by atomic mass is 10.1. The average Bonchev–Trinajstić information content (AvgIpc) is 3.10. The van der Waals surface area contributed by atoms with Crippen LogP contribution in [0.4, 0.5) is 5.69 Å². The molecule has 0 aliphatic carbocycles. The highest BCUT2D eigenvalue weighted by Gasteiger charge is 2.07. The molecule has 3 aromatic carbocycles. The van der Waals surface area contributed by atoms with Crippen molar-refractivity contribution in [1.82, 2.24) is 9.97 Å². The number of aromatic nitrogens is 2. The van der Waals surface area contributed by atoms with Gasteiger partial charge < -0.3 is 10.3 Å². The Kier molecular flexibility index (Phi) is 4.71. The number of H-pyrrole nitrogens is 1. The van der Waals surface area contributed by atoms with E-state index < -0.39 is 0 Å². The van der Waals surface area contributed by atoms with Crippen molar-refractivity contribution in [2.45, 2.75) is 19.8 Å². The fourth-order valence-corrected chi connectivity index (χ4v) is 3.18. The van der Waals surface area contributed by atoms with Crippen LogP contribution in [0, 0.1) is 6.92 Å². The maximum absolute atomic E-state index is 12.4. The maximum Gasteiger partial charge on any atom is 0.255 e. The first kappa shape index (κ1) is 17.0. The molecule has 1 heterocycles. The van der Waals surface area contributed by atoms with Crippen LogP contribution >= 0.6 is 0 Å². The first-order valence-electron chi connectivity index (χ1n) is 9.08. The Morgan fingerprint density at radius 1 is 0.963 bits per heavy atom. The van der Waals surface area contributed by atoms with E-state index in [0.29, 0.717) is 5.56 Å². The van der Waals surface area contributed by atoms with Gasteiger partial charge in [-0.15, -0.1) is 0 Å². The molecule has 0 unspecified atom stereocenters. The van der Waals surface area contributed by atoms with Gasteiger partial charge in [0.2, 0.25) is 0 Å². The zero-order chi connectivity index (χ0) is 18.6. The number of carbonyl (C=O) groups is 1. The summed E-state index contributed by atoms with van der Waals surface area (Å²) in [6, 6.07) is 23.6. The summed E-state index contributed by atoms with van der Waals surface area (Å²) in [7, 11) is 0. The number of fused-ring (bicyclic) bond motifs is 1. The largest absolute Gasteiger partial charge is 0.342 e. The van der Waals surface area contributed by atoms with Crippen LogP contribution in [0.5, 0.6) is 0 Å². The minimum Gasteiger partial charge on any atom is -0.342 e. The molecule has 0 aliphatic heterocycles. The summed E-state index contributed by atoms with van der Waals surface area (Å²) in [6.07, 6.45) is 1.68. The number of para-hydroxylation sites is 2. The SMILES string of the molecule is Cc1cccc(C(=O)Nc2cccc(CCc3nc4ccccc4[nH]3)c2)c1. The summed E-state index contributed by atoms with van der Waals surface area (Å²) in [5.74, 6) is 0.888. The molecule has 4 heteroatoms. The van der Waals surface area contributed by atoms with E-state index in [1.54, 1.807) is 0 Å². The molecule has 0 spiro atoms. The van der Waals surface area contributed by atoms with Gasteiger partial charge in [0.25, 0.3) is 5.91 Å². The average molecular weight is 355 g/mol. The molecule has 0 saturated carbocycles. The molecule has 0 fully saturated rings. The Morgan fingerprint density at radius 2 is 1.81 bits per heavy atom.